The molecule has 36 heavy (non-hydrogen) atoms. The fourth-order valence-corrected chi connectivity index (χ4v) is 5.39. The number of primary amides is 1. The SMILES string of the molecule is CC1(C)CC(CC(N)=O)N(C(=O)c2cn(-c3ccc4c(c3)CN(C3CCC(=O)NC3=O)C4=O)nn2)C1. The second-order valence-corrected chi connectivity index (χ2v) is 10.4. The highest BCUT2D eigenvalue weighted by Crippen LogP contribution is 2.36. The number of nitrogens with one attached hydrogen (secondary N) is 1. The molecule has 3 N–H and O–H groups in total. The van der Waals surface area contributed by atoms with Crippen LogP contribution in [-0.2, 0) is 20.9 Å². The van der Waals surface area contributed by atoms with E-state index in [1.807, 2.05) is 13.8 Å². The first kappa shape index (κ1) is 23.6. The van der Waals surface area contributed by atoms with E-state index in [9.17, 15) is 24.0 Å². The Morgan fingerprint density at radius 3 is 2.72 bits per heavy atom. The van der Waals surface area contributed by atoms with Crippen LogP contribution < -0.4 is 11.1 Å². The molecule has 12 nitrogen and oxygen atoms in total. The summed E-state index contributed by atoms with van der Waals surface area (Å²) >= 11 is 0. The third-order valence-electron chi connectivity index (χ3n) is 7.01. The van der Waals surface area contributed by atoms with Gasteiger partial charge in [0.05, 0.1) is 11.9 Å². The van der Waals surface area contributed by atoms with Gasteiger partial charge in [-0.15, -0.1) is 5.10 Å². The van der Waals surface area contributed by atoms with Crippen LogP contribution in [0.15, 0.2) is 24.4 Å². The number of carbonyl (C=O) groups is 5. The summed E-state index contributed by atoms with van der Waals surface area (Å²) in [6.07, 6.45) is 2.75. The molecule has 1 aromatic carbocycles. The Labute approximate surface area is 206 Å². The van der Waals surface area contributed by atoms with E-state index in [1.54, 1.807) is 23.1 Å². The molecule has 0 saturated carbocycles. The van der Waals surface area contributed by atoms with Crippen molar-refractivity contribution in [3.05, 3.63) is 41.2 Å². The number of hydrogen-bond donors (Lipinski definition) is 2. The Bertz CT molecular complexity index is 1300. The summed E-state index contributed by atoms with van der Waals surface area (Å²) < 4.78 is 1.46. The van der Waals surface area contributed by atoms with Crippen molar-refractivity contribution < 1.29 is 24.0 Å². The van der Waals surface area contributed by atoms with Crippen LogP contribution in [0.1, 0.15) is 65.9 Å². The number of benzene rings is 1. The van der Waals surface area contributed by atoms with Crippen molar-refractivity contribution in [2.24, 2.45) is 11.1 Å². The zero-order valence-electron chi connectivity index (χ0n) is 20.1. The standard InChI is InChI=1S/C24H27N7O5/c1-24(2)9-15(8-19(25)32)30(12-24)23(36)17-11-31(28-27-17)14-3-4-16-13(7-14)10-29(22(16)35)18-5-6-20(33)26-21(18)34/h3-4,7,11,15,18H,5-6,8-10,12H2,1-2H3,(H2,25,32)(H,26,33,34). The number of imide groups is 1. The minimum atomic E-state index is -0.695. The Balaban J connectivity index is 1.34. The number of nitrogens with zero attached hydrogens (tertiary/aromatic N) is 5. The molecular weight excluding hydrogens is 466 g/mol. The maximum atomic E-state index is 13.2. The monoisotopic (exact) mass is 493 g/mol. The number of amides is 5. The number of rotatable bonds is 5. The Morgan fingerprint density at radius 2 is 2.00 bits per heavy atom. The van der Waals surface area contributed by atoms with Crippen LogP contribution in [-0.4, -0.2) is 73.0 Å². The van der Waals surface area contributed by atoms with E-state index in [1.165, 1.54) is 15.8 Å². The van der Waals surface area contributed by atoms with Crippen molar-refractivity contribution in [1.29, 1.82) is 0 Å². The van der Waals surface area contributed by atoms with Gasteiger partial charge in [0.2, 0.25) is 17.7 Å². The lowest BCUT2D eigenvalue weighted by atomic mass is 9.90. The van der Waals surface area contributed by atoms with E-state index in [2.05, 4.69) is 15.6 Å². The molecule has 5 amide bonds. The van der Waals surface area contributed by atoms with Crippen molar-refractivity contribution in [3.8, 4) is 5.69 Å². The molecule has 3 aliphatic heterocycles. The molecule has 0 aliphatic carbocycles. The van der Waals surface area contributed by atoms with Crippen LogP contribution in [0.2, 0.25) is 0 Å². The quantitative estimate of drug-likeness (QED) is 0.560. The lowest BCUT2D eigenvalue weighted by molar-refractivity contribution is -0.137. The Hall–Kier alpha value is -4.09. The van der Waals surface area contributed by atoms with Crippen LogP contribution in [0, 0.1) is 5.41 Å². The predicted octanol–water partition coefficient (Wildman–Crippen LogP) is 0.144. The maximum absolute atomic E-state index is 13.2. The van der Waals surface area contributed by atoms with E-state index < -0.39 is 17.9 Å². The molecule has 5 rings (SSSR count). The molecule has 188 valence electrons. The largest absolute Gasteiger partial charge is 0.370 e. The zero-order valence-corrected chi connectivity index (χ0v) is 20.1. The van der Waals surface area contributed by atoms with Crippen LogP contribution in [0.3, 0.4) is 0 Å². The first-order valence-corrected chi connectivity index (χ1v) is 11.8. The number of piperidine rings is 1. The number of likely N-dealkylation sites (tertiary alicyclic amines) is 1. The molecule has 2 saturated heterocycles. The molecule has 3 aliphatic rings. The van der Waals surface area contributed by atoms with Gasteiger partial charge in [-0.1, -0.05) is 19.1 Å². The second-order valence-electron chi connectivity index (χ2n) is 10.4. The number of fused-ring (bicyclic) bond motifs is 1. The highest BCUT2D eigenvalue weighted by atomic mass is 16.2. The lowest BCUT2D eigenvalue weighted by Crippen LogP contribution is -2.52. The third-order valence-corrected chi connectivity index (χ3v) is 7.01. The highest BCUT2D eigenvalue weighted by Gasteiger charge is 2.42. The van der Waals surface area contributed by atoms with E-state index in [0.29, 0.717) is 29.8 Å². The summed E-state index contributed by atoms with van der Waals surface area (Å²) in [6, 6.07) is 4.15. The topological polar surface area (TPSA) is 161 Å². The van der Waals surface area contributed by atoms with Crippen LogP contribution in [0.4, 0.5) is 0 Å². The van der Waals surface area contributed by atoms with Crippen molar-refractivity contribution in [2.45, 2.75) is 58.2 Å². The van der Waals surface area contributed by atoms with Crippen LogP contribution >= 0.6 is 0 Å². The Morgan fingerprint density at radius 1 is 1.22 bits per heavy atom. The molecule has 0 radical (unpaired) electrons. The van der Waals surface area contributed by atoms with Gasteiger partial charge in [-0.3, -0.25) is 29.3 Å². The van der Waals surface area contributed by atoms with Crippen molar-refractivity contribution in [1.82, 2.24) is 30.1 Å². The van der Waals surface area contributed by atoms with Gasteiger partial charge in [0.25, 0.3) is 11.8 Å². The predicted molar refractivity (Wildman–Crippen MR) is 124 cm³/mol. The molecule has 2 fully saturated rings. The molecular formula is C24H27N7O5. The number of nitrogens with two attached hydrogens (primary N) is 1. The fraction of sp³-hybridized carbons (Fsp3) is 0.458. The van der Waals surface area contributed by atoms with Gasteiger partial charge in [0, 0.05) is 37.5 Å². The van der Waals surface area contributed by atoms with E-state index in [4.69, 9.17) is 5.73 Å². The molecule has 12 heteroatoms. The molecule has 2 unspecified atom stereocenters. The summed E-state index contributed by atoms with van der Waals surface area (Å²) in [5, 5.41) is 10.4. The van der Waals surface area contributed by atoms with Crippen molar-refractivity contribution >= 4 is 29.5 Å². The molecule has 0 bridgehead atoms. The zero-order chi connectivity index (χ0) is 25.8. The third kappa shape index (κ3) is 4.23. The van der Waals surface area contributed by atoms with Crippen LogP contribution in [0.25, 0.3) is 5.69 Å². The maximum Gasteiger partial charge on any atom is 0.276 e. The first-order chi connectivity index (χ1) is 17.0. The van der Waals surface area contributed by atoms with Gasteiger partial charge in [-0.25, -0.2) is 4.68 Å². The van der Waals surface area contributed by atoms with E-state index >= 15 is 0 Å². The average molecular weight is 494 g/mol. The minimum Gasteiger partial charge on any atom is -0.370 e. The summed E-state index contributed by atoms with van der Waals surface area (Å²) in [7, 11) is 0. The second kappa shape index (κ2) is 8.54. The summed E-state index contributed by atoms with van der Waals surface area (Å²) in [5.41, 5.74) is 7.19. The van der Waals surface area contributed by atoms with Gasteiger partial charge in [0.15, 0.2) is 5.69 Å². The average Bonchev–Trinajstić information content (AvgIpc) is 3.49. The summed E-state index contributed by atoms with van der Waals surface area (Å²) in [4.78, 5) is 64.5. The van der Waals surface area contributed by atoms with E-state index in [0.717, 1.165) is 0 Å². The van der Waals surface area contributed by atoms with Crippen molar-refractivity contribution in [2.75, 3.05) is 6.54 Å². The fourth-order valence-electron chi connectivity index (χ4n) is 5.39. The lowest BCUT2D eigenvalue weighted by Gasteiger charge is -2.29. The van der Waals surface area contributed by atoms with Crippen LogP contribution in [0.5, 0.6) is 0 Å². The first-order valence-electron chi connectivity index (χ1n) is 11.8. The van der Waals surface area contributed by atoms with E-state index in [-0.39, 0.29) is 60.7 Å². The number of carbonyl (C=O) groups excluding carboxylic acids is 5. The smallest absolute Gasteiger partial charge is 0.276 e. The van der Waals surface area contributed by atoms with Gasteiger partial charge < -0.3 is 15.5 Å². The van der Waals surface area contributed by atoms with Crippen molar-refractivity contribution in [3.63, 3.8) is 0 Å². The van der Waals surface area contributed by atoms with Gasteiger partial charge >= 0.3 is 0 Å². The Kier molecular flexibility index (Phi) is 5.61. The molecule has 2 atom stereocenters. The normalized spacial score (nSPS) is 23.1. The molecule has 0 spiro atoms. The highest BCUT2D eigenvalue weighted by molar-refractivity contribution is 6.05. The summed E-state index contributed by atoms with van der Waals surface area (Å²) in [5.74, 6) is -1.85. The minimum absolute atomic E-state index is 0.0891. The number of hydrogen-bond acceptors (Lipinski definition) is 7. The molecule has 4 heterocycles. The number of aromatic nitrogens is 3. The molecule has 2 aromatic rings. The van der Waals surface area contributed by atoms with Gasteiger partial charge in [-0.05, 0) is 42.0 Å². The summed E-state index contributed by atoms with van der Waals surface area (Å²) in [6.45, 7) is 4.78. The molecule has 1 aromatic heterocycles. The van der Waals surface area contributed by atoms with Gasteiger partial charge in [0.1, 0.15) is 6.04 Å². The van der Waals surface area contributed by atoms with Gasteiger partial charge in [-0.2, -0.15) is 0 Å².